The van der Waals surface area contributed by atoms with E-state index in [-0.39, 0.29) is 24.0 Å². The van der Waals surface area contributed by atoms with E-state index in [1.54, 1.807) is 7.11 Å². The molecule has 28 heavy (non-hydrogen) atoms. The number of halogens is 1. The van der Waals surface area contributed by atoms with E-state index in [0.29, 0.717) is 6.42 Å². The summed E-state index contributed by atoms with van der Waals surface area (Å²) in [6.45, 7) is 6.00. The molecule has 2 aromatic carbocycles. The van der Waals surface area contributed by atoms with E-state index in [4.69, 9.17) is 9.47 Å². The maximum Gasteiger partial charge on any atom is 0.228 e. The lowest BCUT2D eigenvalue weighted by Gasteiger charge is -2.36. The molecule has 1 amide bonds. The average Bonchev–Trinajstić information content (AvgIpc) is 3.13. The van der Waals surface area contributed by atoms with Crippen molar-refractivity contribution in [1.82, 2.24) is 4.90 Å². The third kappa shape index (κ3) is 3.25. The minimum atomic E-state index is -0.611. The molecule has 1 aliphatic heterocycles. The lowest BCUT2D eigenvalue weighted by molar-refractivity contribution is -0.151. The van der Waals surface area contributed by atoms with Crippen molar-refractivity contribution < 1.29 is 14.3 Å². The SMILES string of the molecule is COc1ccc(Br)c(C[C@H](C)C(=O)N2[C@@H]3c4ccccc4CC3OC2(C)C)c1. The summed E-state index contributed by atoms with van der Waals surface area (Å²) in [4.78, 5) is 15.6. The van der Waals surface area contributed by atoms with Crippen LogP contribution in [0.25, 0.3) is 0 Å². The van der Waals surface area contributed by atoms with Crippen molar-refractivity contribution in [1.29, 1.82) is 0 Å². The Labute approximate surface area is 175 Å². The molecular weight excluding hydrogens is 418 g/mol. The van der Waals surface area contributed by atoms with Crippen LogP contribution in [-0.2, 0) is 22.4 Å². The fourth-order valence-corrected chi connectivity index (χ4v) is 5.01. The number of ether oxygens (including phenoxy) is 2. The number of hydrogen-bond donors (Lipinski definition) is 0. The van der Waals surface area contributed by atoms with Crippen LogP contribution in [0, 0.1) is 5.92 Å². The first-order chi connectivity index (χ1) is 13.3. The standard InChI is InChI=1S/C23H26BrNO3/c1-14(11-16-12-17(27-4)9-10-19(16)24)22(26)25-21-18-8-6-5-7-15(18)13-20(21)28-23(25,2)3/h5-10,12,14,20-21H,11,13H2,1-4H3/t14-,20?,21+/m0/s1. The molecule has 0 spiro atoms. The van der Waals surface area contributed by atoms with Gasteiger partial charge in [0.2, 0.25) is 5.91 Å². The second-order valence-electron chi connectivity index (χ2n) is 8.22. The van der Waals surface area contributed by atoms with Crippen LogP contribution in [0.4, 0.5) is 0 Å². The van der Waals surface area contributed by atoms with Crippen molar-refractivity contribution in [3.8, 4) is 5.75 Å². The first kappa shape index (κ1) is 19.5. The Hall–Kier alpha value is -1.85. The number of amides is 1. The first-order valence-corrected chi connectivity index (χ1v) is 10.5. The summed E-state index contributed by atoms with van der Waals surface area (Å²) in [6, 6.07) is 14.3. The summed E-state index contributed by atoms with van der Waals surface area (Å²) in [5.74, 6) is 0.759. The molecule has 2 aromatic rings. The van der Waals surface area contributed by atoms with Gasteiger partial charge in [-0.25, -0.2) is 0 Å². The number of benzene rings is 2. The largest absolute Gasteiger partial charge is 0.497 e. The Morgan fingerprint density at radius 1 is 1.32 bits per heavy atom. The number of hydrogen-bond acceptors (Lipinski definition) is 3. The minimum absolute atomic E-state index is 0.00472. The van der Waals surface area contributed by atoms with Gasteiger partial charge in [0.15, 0.2) is 0 Å². The molecule has 4 nitrogen and oxygen atoms in total. The van der Waals surface area contributed by atoms with Gasteiger partial charge in [0.25, 0.3) is 0 Å². The zero-order valence-electron chi connectivity index (χ0n) is 16.7. The van der Waals surface area contributed by atoms with Crippen molar-refractivity contribution in [3.63, 3.8) is 0 Å². The molecule has 1 aliphatic carbocycles. The van der Waals surface area contributed by atoms with Gasteiger partial charge in [0.1, 0.15) is 11.5 Å². The zero-order chi connectivity index (χ0) is 20.1. The summed E-state index contributed by atoms with van der Waals surface area (Å²) >= 11 is 3.60. The fraction of sp³-hybridized carbons (Fsp3) is 0.435. The summed E-state index contributed by atoms with van der Waals surface area (Å²) in [5.41, 5.74) is 2.97. The monoisotopic (exact) mass is 443 g/mol. The predicted octanol–water partition coefficient (Wildman–Crippen LogP) is 4.90. The lowest BCUT2D eigenvalue weighted by Crippen LogP contribution is -2.47. The zero-order valence-corrected chi connectivity index (χ0v) is 18.3. The van der Waals surface area contributed by atoms with E-state index in [1.807, 2.05) is 49.9 Å². The van der Waals surface area contributed by atoms with Gasteiger partial charge in [-0.05, 0) is 55.2 Å². The molecule has 1 saturated heterocycles. The van der Waals surface area contributed by atoms with Gasteiger partial charge >= 0.3 is 0 Å². The van der Waals surface area contributed by atoms with Gasteiger partial charge in [-0.2, -0.15) is 0 Å². The van der Waals surface area contributed by atoms with E-state index in [9.17, 15) is 4.79 Å². The fourth-order valence-electron chi connectivity index (χ4n) is 4.60. The van der Waals surface area contributed by atoms with Crippen LogP contribution < -0.4 is 4.74 Å². The molecule has 0 radical (unpaired) electrons. The van der Waals surface area contributed by atoms with Crippen LogP contribution in [0.2, 0.25) is 0 Å². The summed E-state index contributed by atoms with van der Waals surface area (Å²) in [5, 5.41) is 0. The van der Waals surface area contributed by atoms with Gasteiger partial charge in [-0.3, -0.25) is 4.79 Å². The smallest absolute Gasteiger partial charge is 0.228 e. The van der Waals surface area contributed by atoms with Crippen LogP contribution >= 0.6 is 15.9 Å². The lowest BCUT2D eigenvalue weighted by atomic mass is 9.96. The van der Waals surface area contributed by atoms with Crippen LogP contribution in [0.3, 0.4) is 0 Å². The molecule has 148 valence electrons. The Kier molecular flexibility index (Phi) is 5.00. The first-order valence-electron chi connectivity index (χ1n) is 9.73. The van der Waals surface area contributed by atoms with Crippen molar-refractivity contribution in [2.75, 3.05) is 7.11 Å². The molecule has 0 bridgehead atoms. The molecule has 2 aliphatic rings. The Bertz CT molecular complexity index is 910. The molecule has 3 atom stereocenters. The van der Waals surface area contributed by atoms with Crippen molar-refractivity contribution >= 4 is 21.8 Å². The Balaban J connectivity index is 1.61. The van der Waals surface area contributed by atoms with E-state index < -0.39 is 5.72 Å². The van der Waals surface area contributed by atoms with Crippen LogP contribution in [0.1, 0.15) is 43.5 Å². The van der Waals surface area contributed by atoms with Gasteiger partial charge in [0, 0.05) is 16.8 Å². The van der Waals surface area contributed by atoms with Gasteiger partial charge < -0.3 is 14.4 Å². The Morgan fingerprint density at radius 2 is 2.07 bits per heavy atom. The number of carbonyl (C=O) groups is 1. The molecule has 1 heterocycles. The molecule has 1 unspecified atom stereocenters. The molecule has 4 rings (SSSR count). The second-order valence-corrected chi connectivity index (χ2v) is 9.08. The molecule has 0 N–H and O–H groups in total. The summed E-state index contributed by atoms with van der Waals surface area (Å²) in [7, 11) is 1.66. The molecular formula is C23H26BrNO3. The maximum atomic E-state index is 13.6. The van der Waals surface area contributed by atoms with E-state index in [0.717, 1.165) is 22.2 Å². The topological polar surface area (TPSA) is 38.8 Å². The number of methoxy groups -OCH3 is 1. The Morgan fingerprint density at radius 3 is 2.82 bits per heavy atom. The van der Waals surface area contributed by atoms with Gasteiger partial charge in [0.05, 0.1) is 19.3 Å². The number of rotatable bonds is 4. The molecule has 1 fully saturated rings. The number of fused-ring (bicyclic) bond motifs is 3. The highest BCUT2D eigenvalue weighted by molar-refractivity contribution is 9.10. The molecule has 5 heteroatoms. The highest BCUT2D eigenvalue weighted by atomic mass is 79.9. The van der Waals surface area contributed by atoms with E-state index >= 15 is 0 Å². The average molecular weight is 444 g/mol. The highest BCUT2D eigenvalue weighted by Crippen LogP contribution is 2.48. The van der Waals surface area contributed by atoms with Crippen molar-refractivity contribution in [2.24, 2.45) is 5.92 Å². The number of nitrogens with zero attached hydrogens (tertiary/aromatic N) is 1. The van der Waals surface area contributed by atoms with Crippen molar-refractivity contribution in [3.05, 3.63) is 63.6 Å². The van der Waals surface area contributed by atoms with Gasteiger partial charge in [-0.1, -0.05) is 47.1 Å². The third-order valence-electron chi connectivity index (χ3n) is 5.88. The van der Waals surface area contributed by atoms with Crippen LogP contribution in [-0.4, -0.2) is 29.7 Å². The minimum Gasteiger partial charge on any atom is -0.497 e. The number of carbonyl (C=O) groups excluding carboxylic acids is 1. The van der Waals surface area contributed by atoms with Gasteiger partial charge in [-0.15, -0.1) is 0 Å². The normalized spacial score (nSPS) is 23.2. The highest BCUT2D eigenvalue weighted by Gasteiger charge is 2.53. The maximum absolute atomic E-state index is 13.6. The molecule has 0 saturated carbocycles. The van der Waals surface area contributed by atoms with Crippen LogP contribution in [0.15, 0.2) is 46.9 Å². The second kappa shape index (κ2) is 7.20. The van der Waals surface area contributed by atoms with Crippen LogP contribution in [0.5, 0.6) is 5.75 Å². The predicted molar refractivity (Wildman–Crippen MR) is 112 cm³/mol. The summed E-state index contributed by atoms with van der Waals surface area (Å²) in [6.07, 6.45) is 1.54. The van der Waals surface area contributed by atoms with E-state index in [1.165, 1.54) is 11.1 Å². The van der Waals surface area contributed by atoms with Crippen molar-refractivity contribution in [2.45, 2.75) is 51.5 Å². The quantitative estimate of drug-likeness (QED) is 0.674. The van der Waals surface area contributed by atoms with E-state index in [2.05, 4.69) is 34.1 Å². The molecule has 0 aromatic heterocycles. The summed E-state index contributed by atoms with van der Waals surface area (Å²) < 4.78 is 12.7. The third-order valence-corrected chi connectivity index (χ3v) is 6.66.